The van der Waals surface area contributed by atoms with Crippen LogP contribution in [0.15, 0.2) is 18.2 Å². The molecular formula is C14H17F2N3. The van der Waals surface area contributed by atoms with E-state index in [2.05, 4.69) is 4.98 Å². The van der Waals surface area contributed by atoms with Crippen LogP contribution >= 0.6 is 0 Å². The minimum absolute atomic E-state index is 0.149. The number of aryl methyl sites for hydroxylation is 1. The number of nitrogen functional groups attached to an aromatic ring is 1. The fraction of sp³-hybridized carbons (Fsp3) is 0.357. The first kappa shape index (κ1) is 13.5. The van der Waals surface area contributed by atoms with Gasteiger partial charge in [-0.2, -0.15) is 0 Å². The third-order valence-corrected chi connectivity index (χ3v) is 3.05. The summed E-state index contributed by atoms with van der Waals surface area (Å²) >= 11 is 0. The van der Waals surface area contributed by atoms with Crippen LogP contribution in [0.3, 0.4) is 0 Å². The van der Waals surface area contributed by atoms with E-state index in [0.29, 0.717) is 18.8 Å². The summed E-state index contributed by atoms with van der Waals surface area (Å²) in [5.41, 5.74) is 6.05. The van der Waals surface area contributed by atoms with Crippen molar-refractivity contribution in [2.24, 2.45) is 0 Å². The summed E-state index contributed by atoms with van der Waals surface area (Å²) in [7, 11) is 0. The largest absolute Gasteiger partial charge is 0.383 e. The molecule has 102 valence electrons. The monoisotopic (exact) mass is 265 g/mol. The van der Waals surface area contributed by atoms with E-state index < -0.39 is 11.6 Å². The number of aromatic nitrogens is 2. The maximum atomic E-state index is 13.8. The number of hydrogen-bond acceptors (Lipinski definition) is 2. The van der Waals surface area contributed by atoms with Gasteiger partial charge in [0.2, 0.25) is 0 Å². The van der Waals surface area contributed by atoms with Crippen LogP contribution in [-0.4, -0.2) is 9.55 Å². The lowest BCUT2D eigenvalue weighted by atomic mass is 10.1. The van der Waals surface area contributed by atoms with Crippen LogP contribution in [-0.2, 0) is 13.0 Å². The number of benzene rings is 1. The van der Waals surface area contributed by atoms with Crippen LogP contribution in [0, 0.1) is 11.6 Å². The molecule has 0 aliphatic carbocycles. The van der Waals surface area contributed by atoms with Crippen molar-refractivity contribution in [2.45, 2.75) is 33.2 Å². The molecule has 0 fully saturated rings. The maximum Gasteiger partial charge on any atom is 0.135 e. The molecule has 3 nitrogen and oxygen atoms in total. The molecule has 0 unspecified atom stereocenters. The van der Waals surface area contributed by atoms with Crippen molar-refractivity contribution in [3.8, 4) is 11.3 Å². The highest BCUT2D eigenvalue weighted by molar-refractivity contribution is 5.72. The SMILES string of the molecule is CCCn1c(CC)nc(-c2c(F)cccc2F)c1N. The standard InChI is InChI=1S/C14H17F2N3/c1-3-8-19-11(4-2)18-13(14(19)17)12-9(15)6-5-7-10(12)16/h5-7H,3-4,8,17H2,1-2H3. The second-order valence-corrected chi connectivity index (χ2v) is 4.36. The molecule has 0 atom stereocenters. The molecular weight excluding hydrogens is 248 g/mol. The lowest BCUT2D eigenvalue weighted by Crippen LogP contribution is -2.06. The summed E-state index contributed by atoms with van der Waals surface area (Å²) in [6.07, 6.45) is 1.55. The van der Waals surface area contributed by atoms with Gasteiger partial charge in [0.05, 0.1) is 5.56 Å². The molecule has 5 heteroatoms. The van der Waals surface area contributed by atoms with E-state index in [4.69, 9.17) is 5.73 Å². The van der Waals surface area contributed by atoms with Gasteiger partial charge in [-0.05, 0) is 18.6 Å². The number of anilines is 1. The summed E-state index contributed by atoms with van der Waals surface area (Å²) in [5.74, 6) is -0.217. The van der Waals surface area contributed by atoms with Gasteiger partial charge in [-0.1, -0.05) is 19.9 Å². The van der Waals surface area contributed by atoms with Gasteiger partial charge in [-0.15, -0.1) is 0 Å². The average molecular weight is 265 g/mol. The highest BCUT2D eigenvalue weighted by Gasteiger charge is 2.20. The summed E-state index contributed by atoms with van der Waals surface area (Å²) in [6, 6.07) is 3.75. The Labute approximate surface area is 111 Å². The minimum atomic E-state index is -0.643. The Kier molecular flexibility index (Phi) is 3.83. The Morgan fingerprint density at radius 3 is 2.37 bits per heavy atom. The molecule has 0 aliphatic heterocycles. The van der Waals surface area contributed by atoms with Crippen LogP contribution in [0.25, 0.3) is 11.3 Å². The summed E-state index contributed by atoms with van der Waals surface area (Å²) in [4.78, 5) is 4.30. The molecule has 0 bridgehead atoms. The number of nitrogens with zero attached hydrogens (tertiary/aromatic N) is 2. The molecule has 0 spiro atoms. The smallest absolute Gasteiger partial charge is 0.135 e. The van der Waals surface area contributed by atoms with E-state index in [0.717, 1.165) is 12.2 Å². The molecule has 1 aromatic carbocycles. The zero-order valence-corrected chi connectivity index (χ0v) is 11.1. The molecule has 0 radical (unpaired) electrons. The highest BCUT2D eigenvalue weighted by Crippen LogP contribution is 2.31. The van der Waals surface area contributed by atoms with E-state index in [1.54, 1.807) is 0 Å². The lowest BCUT2D eigenvalue weighted by molar-refractivity contribution is 0.589. The van der Waals surface area contributed by atoms with Gasteiger partial charge in [0.1, 0.15) is 29.0 Å². The van der Waals surface area contributed by atoms with Crippen molar-refractivity contribution < 1.29 is 8.78 Å². The Bertz CT molecular complexity index is 570. The highest BCUT2D eigenvalue weighted by atomic mass is 19.1. The van der Waals surface area contributed by atoms with Crippen molar-refractivity contribution in [1.29, 1.82) is 0 Å². The van der Waals surface area contributed by atoms with E-state index in [-0.39, 0.29) is 11.3 Å². The normalized spacial score (nSPS) is 10.9. The number of imidazole rings is 1. The van der Waals surface area contributed by atoms with Gasteiger partial charge in [0.25, 0.3) is 0 Å². The molecule has 2 rings (SSSR count). The first-order chi connectivity index (χ1) is 9.10. The molecule has 0 saturated carbocycles. The summed E-state index contributed by atoms with van der Waals surface area (Å²) in [5, 5.41) is 0. The Hall–Kier alpha value is -1.91. The van der Waals surface area contributed by atoms with Crippen molar-refractivity contribution in [3.63, 3.8) is 0 Å². The Morgan fingerprint density at radius 1 is 1.21 bits per heavy atom. The maximum absolute atomic E-state index is 13.8. The zero-order valence-electron chi connectivity index (χ0n) is 11.1. The summed E-state index contributed by atoms with van der Waals surface area (Å²) < 4.78 is 29.4. The molecule has 1 heterocycles. The van der Waals surface area contributed by atoms with Crippen molar-refractivity contribution in [3.05, 3.63) is 35.7 Å². The van der Waals surface area contributed by atoms with Crippen LogP contribution in [0.2, 0.25) is 0 Å². The minimum Gasteiger partial charge on any atom is -0.383 e. The third-order valence-electron chi connectivity index (χ3n) is 3.05. The van der Waals surface area contributed by atoms with Crippen LogP contribution in [0.1, 0.15) is 26.1 Å². The van der Waals surface area contributed by atoms with E-state index in [1.165, 1.54) is 18.2 Å². The first-order valence-electron chi connectivity index (χ1n) is 6.39. The fourth-order valence-electron chi connectivity index (χ4n) is 2.16. The van der Waals surface area contributed by atoms with Crippen LogP contribution < -0.4 is 5.73 Å². The van der Waals surface area contributed by atoms with Gasteiger partial charge in [-0.25, -0.2) is 13.8 Å². The quantitative estimate of drug-likeness (QED) is 0.921. The van der Waals surface area contributed by atoms with Crippen LogP contribution in [0.4, 0.5) is 14.6 Å². The number of hydrogen-bond donors (Lipinski definition) is 1. The zero-order chi connectivity index (χ0) is 14.0. The number of halogens is 2. The topological polar surface area (TPSA) is 43.8 Å². The Morgan fingerprint density at radius 2 is 1.84 bits per heavy atom. The number of rotatable bonds is 4. The van der Waals surface area contributed by atoms with Gasteiger partial charge in [0.15, 0.2) is 0 Å². The van der Waals surface area contributed by atoms with Gasteiger partial charge < -0.3 is 10.3 Å². The molecule has 19 heavy (non-hydrogen) atoms. The van der Waals surface area contributed by atoms with Crippen molar-refractivity contribution >= 4 is 5.82 Å². The predicted molar refractivity (Wildman–Crippen MR) is 71.7 cm³/mol. The van der Waals surface area contributed by atoms with Gasteiger partial charge >= 0.3 is 0 Å². The third kappa shape index (κ3) is 2.32. The van der Waals surface area contributed by atoms with Crippen molar-refractivity contribution in [1.82, 2.24) is 9.55 Å². The first-order valence-corrected chi connectivity index (χ1v) is 6.39. The molecule has 2 N–H and O–H groups in total. The van der Waals surface area contributed by atoms with Crippen molar-refractivity contribution in [2.75, 3.05) is 5.73 Å². The van der Waals surface area contributed by atoms with Gasteiger partial charge in [0, 0.05) is 13.0 Å². The molecule has 1 aromatic heterocycles. The average Bonchev–Trinajstić information content (AvgIpc) is 2.68. The molecule has 0 amide bonds. The second-order valence-electron chi connectivity index (χ2n) is 4.36. The lowest BCUT2D eigenvalue weighted by Gasteiger charge is -2.07. The summed E-state index contributed by atoms with van der Waals surface area (Å²) in [6.45, 7) is 4.65. The van der Waals surface area contributed by atoms with E-state index in [1.807, 2.05) is 18.4 Å². The van der Waals surface area contributed by atoms with E-state index >= 15 is 0 Å². The van der Waals surface area contributed by atoms with Crippen LogP contribution in [0.5, 0.6) is 0 Å². The second kappa shape index (κ2) is 5.38. The number of nitrogens with two attached hydrogens (primary N) is 1. The Balaban J connectivity index is 2.63. The van der Waals surface area contributed by atoms with Gasteiger partial charge in [-0.3, -0.25) is 0 Å². The molecule has 0 saturated heterocycles. The molecule has 0 aliphatic rings. The predicted octanol–water partition coefficient (Wildman–Crippen LogP) is 3.38. The van der Waals surface area contributed by atoms with E-state index in [9.17, 15) is 8.78 Å². The fourth-order valence-corrected chi connectivity index (χ4v) is 2.16. The molecule has 2 aromatic rings.